The van der Waals surface area contributed by atoms with Crippen molar-refractivity contribution in [3.8, 4) is 0 Å². The van der Waals surface area contributed by atoms with Gasteiger partial charge in [-0.25, -0.2) is 0 Å². The first kappa shape index (κ1) is 14.4. The van der Waals surface area contributed by atoms with Crippen molar-refractivity contribution < 1.29 is 9.53 Å². The predicted octanol–water partition coefficient (Wildman–Crippen LogP) is 3.54. The molecule has 88 valence electrons. The van der Waals surface area contributed by atoms with Crippen molar-refractivity contribution in [2.45, 2.75) is 58.4 Å². The number of ether oxygens (including phenoxy) is 1. The lowest BCUT2D eigenvalue weighted by molar-refractivity contribution is -0.133. The van der Waals surface area contributed by atoms with Crippen molar-refractivity contribution in [3.05, 3.63) is 11.8 Å². The molecule has 0 spiro atoms. The Kier molecular flexibility index (Phi) is 7.39. The topological polar surface area (TPSA) is 26.3 Å². The van der Waals surface area contributed by atoms with Gasteiger partial charge in [0.05, 0.1) is 8.07 Å². The second kappa shape index (κ2) is 7.68. The number of carbonyl (C=O) groups is 1. The highest BCUT2D eigenvalue weighted by molar-refractivity contribution is 6.80. The van der Waals surface area contributed by atoms with Crippen LogP contribution in [0.4, 0.5) is 0 Å². The number of hydrogen-bond donors (Lipinski definition) is 0. The first-order valence-corrected chi connectivity index (χ1v) is 9.34. The fourth-order valence-electron chi connectivity index (χ4n) is 1.33. The molecule has 0 aliphatic rings. The molecule has 0 aromatic carbocycles. The summed E-state index contributed by atoms with van der Waals surface area (Å²) in [5.41, 5.74) is 2.31. The van der Waals surface area contributed by atoms with E-state index in [0.29, 0.717) is 6.47 Å². The van der Waals surface area contributed by atoms with E-state index in [2.05, 4.69) is 38.3 Å². The molecule has 0 N–H and O–H groups in total. The Bertz CT molecular complexity index is 194. The summed E-state index contributed by atoms with van der Waals surface area (Å²) >= 11 is 0. The van der Waals surface area contributed by atoms with Crippen molar-refractivity contribution in [2.24, 2.45) is 0 Å². The molecule has 0 aliphatic heterocycles. The molecular weight excluding hydrogens is 204 g/mol. The minimum absolute atomic E-state index is 0.0787. The molecule has 0 amide bonds. The van der Waals surface area contributed by atoms with Gasteiger partial charge >= 0.3 is 0 Å². The van der Waals surface area contributed by atoms with Gasteiger partial charge in [0.15, 0.2) is 0 Å². The van der Waals surface area contributed by atoms with Crippen LogP contribution < -0.4 is 0 Å². The molecule has 0 radical (unpaired) electrons. The minimum atomic E-state index is -1.10. The first-order valence-electron chi connectivity index (χ1n) is 5.76. The van der Waals surface area contributed by atoms with Crippen LogP contribution in [0.5, 0.6) is 0 Å². The van der Waals surface area contributed by atoms with Crippen LogP contribution in [0.2, 0.25) is 19.6 Å². The molecule has 0 unspecified atom stereocenters. The average Bonchev–Trinajstić information content (AvgIpc) is 2.12. The van der Waals surface area contributed by atoms with Gasteiger partial charge in [-0.05, 0) is 6.42 Å². The zero-order valence-corrected chi connectivity index (χ0v) is 11.5. The molecule has 3 heteroatoms. The quantitative estimate of drug-likeness (QED) is 0.469. The largest absolute Gasteiger partial charge is 0.464 e. The van der Waals surface area contributed by atoms with E-state index < -0.39 is 8.07 Å². The highest BCUT2D eigenvalue weighted by atomic mass is 28.3. The second-order valence-corrected chi connectivity index (χ2v) is 10.1. The van der Waals surface area contributed by atoms with Gasteiger partial charge in [-0.3, -0.25) is 4.79 Å². The summed E-state index contributed by atoms with van der Waals surface area (Å²) in [6, 6.07) is 0. The molecule has 0 aromatic heterocycles. The normalized spacial score (nSPS) is 14.1. The van der Waals surface area contributed by atoms with Crippen molar-refractivity contribution in [1.82, 2.24) is 0 Å². The molecule has 0 saturated carbocycles. The summed E-state index contributed by atoms with van der Waals surface area (Å²) in [5, 5.41) is 0. The molecular formula is C12H24O2Si. The molecule has 15 heavy (non-hydrogen) atoms. The molecule has 1 atom stereocenters. The lowest BCUT2D eigenvalue weighted by atomic mass is 10.1. The Morgan fingerprint density at radius 3 is 2.47 bits per heavy atom. The average molecular weight is 228 g/mol. The van der Waals surface area contributed by atoms with Crippen LogP contribution in [-0.2, 0) is 9.53 Å². The summed E-state index contributed by atoms with van der Waals surface area (Å²) in [7, 11) is -1.10. The molecule has 0 aromatic rings. The van der Waals surface area contributed by atoms with E-state index in [9.17, 15) is 4.79 Å². The Labute approximate surface area is 94.7 Å². The molecule has 0 fully saturated rings. The van der Waals surface area contributed by atoms with Gasteiger partial charge in [-0.1, -0.05) is 51.2 Å². The summed E-state index contributed by atoms with van der Waals surface area (Å²) < 4.78 is 5.04. The summed E-state index contributed by atoms with van der Waals surface area (Å²) in [5.74, 6) is 0. The molecule has 0 aliphatic carbocycles. The van der Waals surface area contributed by atoms with E-state index in [1.807, 2.05) is 0 Å². The van der Waals surface area contributed by atoms with E-state index in [1.165, 1.54) is 0 Å². The molecule has 0 rings (SSSR count). The van der Waals surface area contributed by atoms with E-state index in [0.717, 1.165) is 25.7 Å². The molecule has 0 heterocycles. The number of rotatable bonds is 8. The van der Waals surface area contributed by atoms with Gasteiger partial charge in [0.1, 0.15) is 6.10 Å². The smallest absolute Gasteiger partial charge is 0.293 e. The van der Waals surface area contributed by atoms with E-state index in [-0.39, 0.29) is 6.10 Å². The van der Waals surface area contributed by atoms with E-state index in [4.69, 9.17) is 4.74 Å². The van der Waals surface area contributed by atoms with Gasteiger partial charge in [-0.2, -0.15) is 0 Å². The van der Waals surface area contributed by atoms with Crippen molar-refractivity contribution in [3.63, 3.8) is 0 Å². The summed E-state index contributed by atoms with van der Waals surface area (Å²) in [6.07, 6.45) is 6.37. The van der Waals surface area contributed by atoms with Crippen molar-refractivity contribution >= 4 is 14.5 Å². The monoisotopic (exact) mass is 228 g/mol. The number of carbonyl (C=O) groups excluding carboxylic acids is 1. The lowest BCUT2D eigenvalue weighted by Gasteiger charge is -2.13. The van der Waals surface area contributed by atoms with E-state index in [1.54, 1.807) is 0 Å². The van der Waals surface area contributed by atoms with Gasteiger partial charge in [0, 0.05) is 6.42 Å². The van der Waals surface area contributed by atoms with Crippen LogP contribution in [0, 0.1) is 0 Å². The van der Waals surface area contributed by atoms with Crippen LogP contribution in [0.1, 0.15) is 32.6 Å². The second-order valence-electron chi connectivity index (χ2n) is 5.00. The fraction of sp³-hybridized carbons (Fsp3) is 0.750. The zero-order chi connectivity index (χ0) is 11.7. The van der Waals surface area contributed by atoms with Crippen LogP contribution >= 0.6 is 0 Å². The van der Waals surface area contributed by atoms with E-state index >= 15 is 0 Å². The standard InChI is InChI=1S/C12H24O2Si/c1-5-6-8-12(14-11-13)9-7-10-15(2,3)4/h7,10-12H,5-6,8-9H2,1-4H3/b10-7+/t12-/m0/s1. The number of unbranched alkanes of at least 4 members (excludes halogenated alkanes) is 1. The Hall–Kier alpha value is -0.573. The molecule has 0 bridgehead atoms. The lowest BCUT2D eigenvalue weighted by Crippen LogP contribution is -2.16. The maximum absolute atomic E-state index is 10.3. The Morgan fingerprint density at radius 1 is 1.33 bits per heavy atom. The van der Waals surface area contributed by atoms with Gasteiger partial charge in [0.2, 0.25) is 0 Å². The first-order chi connectivity index (χ1) is 6.99. The fourth-order valence-corrected chi connectivity index (χ4v) is 2.17. The third kappa shape index (κ3) is 9.72. The number of hydrogen-bond acceptors (Lipinski definition) is 2. The molecule has 0 saturated heterocycles. The van der Waals surface area contributed by atoms with Crippen LogP contribution in [-0.4, -0.2) is 20.7 Å². The Balaban J connectivity index is 3.94. The van der Waals surface area contributed by atoms with Gasteiger partial charge in [0.25, 0.3) is 6.47 Å². The summed E-state index contributed by atoms with van der Waals surface area (Å²) in [4.78, 5) is 10.3. The van der Waals surface area contributed by atoms with Crippen LogP contribution in [0.25, 0.3) is 0 Å². The third-order valence-electron chi connectivity index (χ3n) is 2.14. The highest BCUT2D eigenvalue weighted by Crippen LogP contribution is 2.10. The highest BCUT2D eigenvalue weighted by Gasteiger charge is 2.09. The van der Waals surface area contributed by atoms with Crippen molar-refractivity contribution in [1.29, 1.82) is 0 Å². The third-order valence-corrected chi connectivity index (χ3v) is 3.38. The maximum atomic E-state index is 10.3. The van der Waals surface area contributed by atoms with Crippen molar-refractivity contribution in [2.75, 3.05) is 0 Å². The van der Waals surface area contributed by atoms with Gasteiger partial charge in [-0.15, -0.1) is 0 Å². The zero-order valence-electron chi connectivity index (χ0n) is 10.5. The minimum Gasteiger partial charge on any atom is -0.464 e. The maximum Gasteiger partial charge on any atom is 0.293 e. The SMILES string of the molecule is CCCC[C@@H](C/C=C/[Si](C)(C)C)OC=O. The predicted molar refractivity (Wildman–Crippen MR) is 67.6 cm³/mol. The van der Waals surface area contributed by atoms with Gasteiger partial charge < -0.3 is 4.74 Å². The Morgan fingerprint density at radius 2 is 2.00 bits per heavy atom. The molecule has 2 nitrogen and oxygen atoms in total. The summed E-state index contributed by atoms with van der Waals surface area (Å²) in [6.45, 7) is 9.61. The van der Waals surface area contributed by atoms with Crippen LogP contribution in [0.3, 0.4) is 0 Å². The van der Waals surface area contributed by atoms with Crippen LogP contribution in [0.15, 0.2) is 11.8 Å².